The summed E-state index contributed by atoms with van der Waals surface area (Å²) in [6, 6.07) is 0.0743. The highest BCUT2D eigenvalue weighted by molar-refractivity contribution is 7.87. The van der Waals surface area contributed by atoms with Crippen LogP contribution in [0.15, 0.2) is 0 Å². The van der Waals surface area contributed by atoms with Crippen molar-refractivity contribution < 1.29 is 13.5 Å². The SMILES string of the molecule is CCC1CCCC(NS(=O)(=O)N(C)CCCO)C1. The summed E-state index contributed by atoms with van der Waals surface area (Å²) in [5.41, 5.74) is 0. The summed E-state index contributed by atoms with van der Waals surface area (Å²) in [5.74, 6) is 0.647. The lowest BCUT2D eigenvalue weighted by molar-refractivity contribution is 0.272. The van der Waals surface area contributed by atoms with Gasteiger partial charge in [0.25, 0.3) is 10.2 Å². The van der Waals surface area contributed by atoms with Crippen molar-refractivity contribution >= 4 is 10.2 Å². The monoisotopic (exact) mass is 278 g/mol. The maximum Gasteiger partial charge on any atom is 0.279 e. The van der Waals surface area contributed by atoms with Crippen molar-refractivity contribution in [2.45, 2.75) is 51.5 Å². The lowest BCUT2D eigenvalue weighted by atomic mass is 9.85. The van der Waals surface area contributed by atoms with Gasteiger partial charge in [0.1, 0.15) is 0 Å². The van der Waals surface area contributed by atoms with E-state index >= 15 is 0 Å². The molecule has 0 aromatic carbocycles. The Kier molecular flexibility index (Phi) is 6.55. The standard InChI is InChI=1S/C12H26N2O3S/c1-3-11-6-4-7-12(10-11)13-18(16,17)14(2)8-5-9-15/h11-13,15H,3-10H2,1-2H3. The fourth-order valence-corrected chi connectivity index (χ4v) is 3.67. The molecule has 2 N–H and O–H groups in total. The van der Waals surface area contributed by atoms with Gasteiger partial charge in [-0.2, -0.15) is 17.4 Å². The van der Waals surface area contributed by atoms with Crippen LogP contribution in [0.2, 0.25) is 0 Å². The second kappa shape index (κ2) is 7.43. The summed E-state index contributed by atoms with van der Waals surface area (Å²) in [6.07, 6.45) is 5.80. The Labute approximate surface area is 111 Å². The Morgan fingerprint density at radius 3 is 2.72 bits per heavy atom. The van der Waals surface area contributed by atoms with E-state index in [2.05, 4.69) is 11.6 Å². The lowest BCUT2D eigenvalue weighted by Crippen LogP contribution is -2.45. The van der Waals surface area contributed by atoms with E-state index in [-0.39, 0.29) is 12.6 Å². The number of nitrogens with one attached hydrogen (secondary N) is 1. The van der Waals surface area contributed by atoms with Gasteiger partial charge in [-0.15, -0.1) is 0 Å². The van der Waals surface area contributed by atoms with E-state index in [1.165, 1.54) is 10.7 Å². The molecule has 0 bridgehead atoms. The lowest BCUT2D eigenvalue weighted by Gasteiger charge is -2.30. The van der Waals surface area contributed by atoms with Crippen LogP contribution in [0, 0.1) is 5.92 Å². The Bertz CT molecular complexity index is 332. The van der Waals surface area contributed by atoms with E-state index in [1.807, 2.05) is 0 Å². The largest absolute Gasteiger partial charge is 0.396 e. The van der Waals surface area contributed by atoms with Gasteiger partial charge in [0.2, 0.25) is 0 Å². The Morgan fingerprint density at radius 2 is 2.11 bits per heavy atom. The maximum absolute atomic E-state index is 12.0. The molecule has 5 nitrogen and oxygen atoms in total. The topological polar surface area (TPSA) is 69.6 Å². The van der Waals surface area contributed by atoms with E-state index in [0.29, 0.717) is 18.9 Å². The van der Waals surface area contributed by atoms with Crippen molar-refractivity contribution in [1.82, 2.24) is 9.03 Å². The first-order valence-corrected chi connectivity index (χ1v) is 8.28. The molecule has 0 aliphatic heterocycles. The molecule has 0 amide bonds. The molecule has 1 aliphatic rings. The zero-order chi connectivity index (χ0) is 13.6. The number of aliphatic hydroxyl groups excluding tert-OH is 1. The number of rotatable bonds is 7. The van der Waals surface area contributed by atoms with E-state index < -0.39 is 10.2 Å². The molecule has 1 fully saturated rings. The van der Waals surface area contributed by atoms with Gasteiger partial charge in [0.15, 0.2) is 0 Å². The molecule has 2 atom stereocenters. The molecule has 0 heterocycles. The molecule has 0 aromatic heterocycles. The van der Waals surface area contributed by atoms with Crippen molar-refractivity contribution in [2.24, 2.45) is 5.92 Å². The quantitative estimate of drug-likeness (QED) is 0.733. The Hall–Kier alpha value is -0.170. The number of hydrogen-bond acceptors (Lipinski definition) is 3. The van der Waals surface area contributed by atoms with Crippen LogP contribution in [0.4, 0.5) is 0 Å². The van der Waals surface area contributed by atoms with Crippen LogP contribution < -0.4 is 4.72 Å². The smallest absolute Gasteiger partial charge is 0.279 e. The highest BCUT2D eigenvalue weighted by Gasteiger charge is 2.26. The predicted octanol–water partition coefficient (Wildman–Crippen LogP) is 1.10. The third-order valence-corrected chi connectivity index (χ3v) is 5.35. The third kappa shape index (κ3) is 4.84. The first kappa shape index (κ1) is 15.9. The molecule has 0 radical (unpaired) electrons. The highest BCUT2D eigenvalue weighted by Crippen LogP contribution is 2.27. The van der Waals surface area contributed by atoms with Gasteiger partial charge in [-0.3, -0.25) is 0 Å². The molecular weight excluding hydrogens is 252 g/mol. The molecule has 0 saturated heterocycles. The molecule has 1 rings (SSSR count). The fraction of sp³-hybridized carbons (Fsp3) is 1.00. The minimum absolute atomic E-state index is 0.0151. The van der Waals surface area contributed by atoms with Gasteiger partial charge >= 0.3 is 0 Å². The van der Waals surface area contributed by atoms with E-state index in [9.17, 15) is 8.42 Å². The third-order valence-electron chi connectivity index (χ3n) is 3.72. The van der Waals surface area contributed by atoms with Crippen LogP contribution in [-0.4, -0.2) is 44.1 Å². The van der Waals surface area contributed by atoms with E-state index in [1.54, 1.807) is 7.05 Å². The molecule has 2 unspecified atom stereocenters. The fourth-order valence-electron chi connectivity index (χ4n) is 2.48. The van der Waals surface area contributed by atoms with Crippen LogP contribution in [0.25, 0.3) is 0 Å². The summed E-state index contributed by atoms with van der Waals surface area (Å²) in [6.45, 7) is 2.53. The van der Waals surface area contributed by atoms with Crippen LogP contribution in [-0.2, 0) is 10.2 Å². The van der Waals surface area contributed by atoms with Crippen molar-refractivity contribution in [3.63, 3.8) is 0 Å². The zero-order valence-corrected chi connectivity index (χ0v) is 12.2. The van der Waals surface area contributed by atoms with Crippen molar-refractivity contribution in [1.29, 1.82) is 0 Å². The van der Waals surface area contributed by atoms with Crippen LogP contribution in [0.1, 0.15) is 45.4 Å². The second-order valence-corrected chi connectivity index (χ2v) is 6.97. The average molecular weight is 278 g/mol. The van der Waals surface area contributed by atoms with Gasteiger partial charge in [-0.25, -0.2) is 0 Å². The average Bonchev–Trinajstić information content (AvgIpc) is 2.35. The van der Waals surface area contributed by atoms with Gasteiger partial charge < -0.3 is 5.11 Å². The van der Waals surface area contributed by atoms with Gasteiger partial charge in [0, 0.05) is 26.2 Å². The maximum atomic E-state index is 12.0. The summed E-state index contributed by atoms with van der Waals surface area (Å²) < 4.78 is 28.1. The van der Waals surface area contributed by atoms with E-state index in [0.717, 1.165) is 25.7 Å². The number of aliphatic hydroxyl groups is 1. The minimum atomic E-state index is -3.39. The first-order chi connectivity index (χ1) is 8.49. The Morgan fingerprint density at radius 1 is 1.39 bits per heavy atom. The predicted molar refractivity (Wildman–Crippen MR) is 72.4 cm³/mol. The zero-order valence-electron chi connectivity index (χ0n) is 11.4. The highest BCUT2D eigenvalue weighted by atomic mass is 32.2. The molecule has 0 spiro atoms. The number of nitrogens with zero attached hydrogens (tertiary/aromatic N) is 1. The number of hydrogen-bond donors (Lipinski definition) is 2. The second-order valence-electron chi connectivity index (χ2n) is 5.16. The van der Waals surface area contributed by atoms with Crippen LogP contribution in [0.3, 0.4) is 0 Å². The molecule has 108 valence electrons. The molecule has 6 heteroatoms. The van der Waals surface area contributed by atoms with Gasteiger partial charge in [-0.1, -0.05) is 26.2 Å². The molecule has 1 saturated carbocycles. The van der Waals surface area contributed by atoms with Crippen LogP contribution >= 0.6 is 0 Å². The van der Waals surface area contributed by atoms with Crippen molar-refractivity contribution in [3.05, 3.63) is 0 Å². The first-order valence-electron chi connectivity index (χ1n) is 6.84. The summed E-state index contributed by atoms with van der Waals surface area (Å²) in [5, 5.41) is 8.73. The summed E-state index contributed by atoms with van der Waals surface area (Å²) in [7, 11) is -1.84. The van der Waals surface area contributed by atoms with Crippen molar-refractivity contribution in [3.8, 4) is 0 Å². The van der Waals surface area contributed by atoms with Crippen LogP contribution in [0.5, 0.6) is 0 Å². The van der Waals surface area contributed by atoms with Gasteiger partial charge in [0.05, 0.1) is 0 Å². The normalized spacial score (nSPS) is 25.6. The molecule has 18 heavy (non-hydrogen) atoms. The summed E-state index contributed by atoms with van der Waals surface area (Å²) in [4.78, 5) is 0. The summed E-state index contributed by atoms with van der Waals surface area (Å²) >= 11 is 0. The molecule has 0 aromatic rings. The molecule has 1 aliphatic carbocycles. The molecular formula is C12H26N2O3S. The van der Waals surface area contributed by atoms with E-state index in [4.69, 9.17) is 5.11 Å². The minimum Gasteiger partial charge on any atom is -0.396 e. The van der Waals surface area contributed by atoms with Crippen molar-refractivity contribution in [2.75, 3.05) is 20.2 Å². The Balaban J connectivity index is 2.48. The van der Waals surface area contributed by atoms with Gasteiger partial charge in [-0.05, 0) is 25.2 Å².